The fourth-order valence-corrected chi connectivity index (χ4v) is 11.7. The molecule has 0 aromatic rings. The zero-order valence-electron chi connectivity index (χ0n) is 24.0. The summed E-state index contributed by atoms with van der Waals surface area (Å²) in [5, 5.41) is 0. The van der Waals surface area contributed by atoms with E-state index in [4.69, 9.17) is 18.9 Å². The van der Waals surface area contributed by atoms with Crippen molar-refractivity contribution in [1.29, 1.82) is 0 Å². The Labute approximate surface area is 235 Å². The number of rotatable bonds is 28. The van der Waals surface area contributed by atoms with Crippen LogP contribution in [0.3, 0.4) is 0 Å². The van der Waals surface area contributed by atoms with E-state index in [1.165, 1.54) is 49.3 Å². The number of hydrogen-bond acceptors (Lipinski definition) is 7. The van der Waals surface area contributed by atoms with Crippen molar-refractivity contribution in [2.24, 2.45) is 0 Å². The quantitative estimate of drug-likeness (QED) is 0.0405. The molecule has 0 aliphatic heterocycles. The number of unbranched alkanes of at least 4 members (excludes halogenated alkanes) is 2. The van der Waals surface area contributed by atoms with Gasteiger partial charge in [-0.25, -0.2) is 0 Å². The van der Waals surface area contributed by atoms with Gasteiger partial charge in [0.15, 0.2) is 0 Å². The largest absolute Gasteiger partial charge is 0.354 e. The molecule has 0 spiro atoms. The highest BCUT2D eigenvalue weighted by Gasteiger charge is 2.31. The third kappa shape index (κ3) is 19.1. The predicted molar refractivity (Wildman–Crippen MR) is 169 cm³/mol. The lowest BCUT2D eigenvalue weighted by molar-refractivity contribution is -0.185. The van der Waals surface area contributed by atoms with Crippen LogP contribution < -0.4 is 0 Å². The fourth-order valence-electron chi connectivity index (χ4n) is 4.04. The first kappa shape index (κ1) is 36.3. The molecule has 0 aromatic heterocycles. The van der Waals surface area contributed by atoms with Crippen LogP contribution in [0.25, 0.3) is 0 Å². The van der Waals surface area contributed by atoms with E-state index in [-0.39, 0.29) is 29.9 Å². The van der Waals surface area contributed by atoms with Gasteiger partial charge in [0.2, 0.25) is 0 Å². The van der Waals surface area contributed by atoms with Crippen LogP contribution in [0.5, 0.6) is 0 Å². The summed E-state index contributed by atoms with van der Waals surface area (Å²) in [5.41, 5.74) is -0.435. The van der Waals surface area contributed by atoms with Crippen molar-refractivity contribution in [3.05, 3.63) is 0 Å². The van der Waals surface area contributed by atoms with Crippen LogP contribution in [-0.4, -0.2) is 67.8 Å². The minimum Gasteiger partial charge on any atom is -0.354 e. The molecule has 0 N–H and O–H groups in total. The summed E-state index contributed by atoms with van der Waals surface area (Å²) >= 11 is 0. The van der Waals surface area contributed by atoms with E-state index in [0.717, 1.165) is 65.0 Å². The molecule has 0 aromatic carbocycles. The van der Waals surface area contributed by atoms with E-state index in [1.54, 1.807) is 0 Å². The average Bonchev–Trinajstić information content (AvgIpc) is 2.87. The Balaban J connectivity index is 4.11. The third-order valence-corrected chi connectivity index (χ3v) is 14.2. The van der Waals surface area contributed by atoms with E-state index in [1.807, 2.05) is 31.4 Å². The average molecular weight is 587 g/mol. The van der Waals surface area contributed by atoms with Crippen molar-refractivity contribution >= 4 is 50.5 Å². The summed E-state index contributed by atoms with van der Waals surface area (Å²) in [7, 11) is 5.26. The molecule has 0 rings (SSSR count). The summed E-state index contributed by atoms with van der Waals surface area (Å²) in [6.45, 7) is 16.6. The van der Waals surface area contributed by atoms with Gasteiger partial charge in [-0.1, -0.05) is 75.2 Å². The van der Waals surface area contributed by atoms with Crippen molar-refractivity contribution in [3.8, 4) is 0 Å². The van der Waals surface area contributed by atoms with Crippen LogP contribution in [0, 0.1) is 0 Å². The van der Waals surface area contributed by atoms with Crippen molar-refractivity contribution < 1.29 is 18.9 Å². The second-order valence-corrected chi connectivity index (χ2v) is 19.0. The lowest BCUT2D eigenvalue weighted by Crippen LogP contribution is -2.42. The van der Waals surface area contributed by atoms with Gasteiger partial charge >= 0.3 is 0 Å². The summed E-state index contributed by atoms with van der Waals surface area (Å²) in [6.07, 6.45) is 11.3. The van der Waals surface area contributed by atoms with Crippen molar-refractivity contribution in [3.63, 3.8) is 0 Å². The Morgan fingerprint density at radius 3 is 1.14 bits per heavy atom. The monoisotopic (exact) mass is 586 g/mol. The second kappa shape index (κ2) is 25.6. The zero-order chi connectivity index (χ0) is 26.1. The van der Waals surface area contributed by atoms with Crippen LogP contribution in [-0.2, 0) is 18.9 Å². The van der Waals surface area contributed by atoms with Crippen LogP contribution >= 0.6 is 31.4 Å². The van der Waals surface area contributed by atoms with Gasteiger partial charge in [-0.05, 0) is 74.0 Å². The summed E-state index contributed by atoms with van der Waals surface area (Å²) in [6, 6.07) is 2.48. The van der Waals surface area contributed by atoms with Gasteiger partial charge in [0.05, 0.1) is 19.0 Å². The molecule has 0 fully saturated rings. The molecule has 0 heterocycles. The number of hydrogen-bond donors (Lipinski definition) is 0. The molecule has 212 valence electrons. The Bertz CT molecular complexity index is 397. The van der Waals surface area contributed by atoms with E-state index < -0.39 is 0 Å². The first-order valence-corrected chi connectivity index (χ1v) is 21.8. The van der Waals surface area contributed by atoms with E-state index >= 15 is 0 Å². The number of ether oxygens (including phenoxy) is 4. The maximum absolute atomic E-state index is 6.29. The van der Waals surface area contributed by atoms with Crippen molar-refractivity contribution in [2.75, 3.05) is 37.9 Å². The van der Waals surface area contributed by atoms with Gasteiger partial charge < -0.3 is 18.9 Å². The molecule has 35 heavy (non-hydrogen) atoms. The van der Waals surface area contributed by atoms with E-state index in [9.17, 15) is 0 Å². The Kier molecular flexibility index (Phi) is 26.6. The molecule has 0 aliphatic rings. The zero-order valence-corrected chi connectivity index (χ0v) is 29.3. The summed E-state index contributed by atoms with van der Waals surface area (Å²) in [4.78, 5) is 0. The highest BCUT2D eigenvalue weighted by molar-refractivity contribution is 9.09. The smallest absolute Gasteiger partial charge is 0.144 e. The molecule has 0 amide bonds. The fraction of sp³-hybridized carbons (Fsp3) is 1.00. The van der Waals surface area contributed by atoms with E-state index in [2.05, 4.69) is 41.5 Å². The predicted octanol–water partition coefficient (Wildman–Crippen LogP) is 7.58. The molecule has 4 nitrogen and oxygen atoms in total. The minimum atomic E-state index is -0.368. The molecule has 0 aliphatic carbocycles. The van der Waals surface area contributed by atoms with Gasteiger partial charge in [0, 0.05) is 37.9 Å². The molecule has 0 saturated carbocycles. The van der Waals surface area contributed by atoms with Gasteiger partial charge in [-0.3, -0.25) is 0 Å². The van der Waals surface area contributed by atoms with Gasteiger partial charge in [-0.2, -0.15) is 0 Å². The maximum atomic E-state index is 6.29. The van der Waals surface area contributed by atoms with Gasteiger partial charge in [0.1, 0.15) is 10.8 Å². The molecule has 0 radical (unpaired) electrons. The topological polar surface area (TPSA) is 36.9 Å². The van der Waals surface area contributed by atoms with Crippen molar-refractivity contribution in [1.82, 2.24) is 0 Å². The van der Waals surface area contributed by atoms with Crippen LogP contribution in [0.15, 0.2) is 0 Å². The highest BCUT2D eigenvalue weighted by Crippen LogP contribution is 2.36. The SMILES string of the molecule is CCCOC(CCCCSSSCCCCC(OCCC)(OCCC)[SiH2]CC)(OCCC)[SiH2]CC. The van der Waals surface area contributed by atoms with Crippen LogP contribution in [0.1, 0.15) is 106 Å². The molecule has 0 saturated heterocycles. The first-order valence-electron chi connectivity index (χ1n) is 14.5. The Hall–Kier alpha value is 1.32. The third-order valence-electron chi connectivity index (χ3n) is 5.71. The maximum Gasteiger partial charge on any atom is 0.144 e. The lowest BCUT2D eigenvalue weighted by Gasteiger charge is -2.34. The normalized spacial score (nSPS) is 13.2. The second-order valence-electron chi connectivity index (χ2n) is 9.34. The van der Waals surface area contributed by atoms with Gasteiger partial charge in [-0.15, -0.1) is 0 Å². The van der Waals surface area contributed by atoms with Crippen LogP contribution in [0.2, 0.25) is 12.1 Å². The van der Waals surface area contributed by atoms with Crippen molar-refractivity contribution in [2.45, 2.75) is 129 Å². The molecular weight excluding hydrogens is 529 g/mol. The molecule has 0 atom stereocenters. The van der Waals surface area contributed by atoms with Crippen LogP contribution in [0.4, 0.5) is 0 Å². The minimum absolute atomic E-state index is 0.217. The standard InChI is InChI=1S/C26H58O4S3Si2/c1-7-19-27-25(34-11-5,28-20-8-2)17-13-15-23-31-33-32-24-16-14-18-26(35-12-6,29-21-9-3)30-22-10-4/h7-24,34-35H2,1-6H3. The lowest BCUT2D eigenvalue weighted by atomic mass is 10.2. The Morgan fingerprint density at radius 2 is 0.857 bits per heavy atom. The first-order chi connectivity index (χ1) is 17.1. The van der Waals surface area contributed by atoms with Gasteiger partial charge in [0.25, 0.3) is 0 Å². The highest BCUT2D eigenvalue weighted by atomic mass is 33.5. The van der Waals surface area contributed by atoms with E-state index in [0.29, 0.717) is 0 Å². The molecule has 0 bridgehead atoms. The molecule has 9 heteroatoms. The molecule has 0 unspecified atom stereocenters. The summed E-state index contributed by atoms with van der Waals surface area (Å²) in [5.74, 6) is 2.42. The molecular formula is C26H58O4S3Si2. The summed E-state index contributed by atoms with van der Waals surface area (Å²) < 4.78 is 25.2. The Morgan fingerprint density at radius 1 is 0.514 bits per heavy atom.